The highest BCUT2D eigenvalue weighted by Gasteiger charge is 2.25. The van der Waals surface area contributed by atoms with Crippen molar-refractivity contribution in [2.75, 3.05) is 0 Å². The largest absolute Gasteiger partial charge is 0.342 e. The van der Waals surface area contributed by atoms with Crippen molar-refractivity contribution in [2.24, 2.45) is 0 Å². The number of benzene rings is 1. The van der Waals surface area contributed by atoms with Gasteiger partial charge in [0.05, 0.1) is 12.2 Å². The maximum Gasteiger partial charge on any atom is 0.291 e. The Kier molecular flexibility index (Phi) is 3.55. The van der Waals surface area contributed by atoms with Crippen molar-refractivity contribution in [3.05, 3.63) is 64.1 Å². The van der Waals surface area contributed by atoms with Crippen molar-refractivity contribution in [1.29, 1.82) is 0 Å². The second kappa shape index (κ2) is 5.72. The van der Waals surface area contributed by atoms with Crippen LogP contribution in [0.2, 0.25) is 0 Å². The van der Waals surface area contributed by atoms with Crippen LogP contribution in [0.3, 0.4) is 0 Å². The van der Waals surface area contributed by atoms with Crippen LogP contribution in [0.1, 0.15) is 10.4 Å². The smallest absolute Gasteiger partial charge is 0.291 e. The second-order valence-corrected chi connectivity index (χ2v) is 7.14. The van der Waals surface area contributed by atoms with E-state index >= 15 is 0 Å². The van der Waals surface area contributed by atoms with Gasteiger partial charge in [-0.05, 0) is 35.2 Å². The molecule has 1 N–H and O–H groups in total. The number of thioether (sulfide) groups is 1. The van der Waals surface area contributed by atoms with E-state index in [1.54, 1.807) is 17.4 Å². The summed E-state index contributed by atoms with van der Waals surface area (Å²) in [7, 11) is 0. The van der Waals surface area contributed by atoms with Crippen LogP contribution in [-0.4, -0.2) is 14.9 Å². The molecule has 1 fully saturated rings. The first-order valence-electron chi connectivity index (χ1n) is 7.06. The number of amides is 1. The Balaban J connectivity index is 1.74. The van der Waals surface area contributed by atoms with Gasteiger partial charge < -0.3 is 9.88 Å². The summed E-state index contributed by atoms with van der Waals surface area (Å²) in [6.45, 7) is 0.826. The minimum Gasteiger partial charge on any atom is -0.342 e. The fourth-order valence-corrected chi connectivity index (χ4v) is 3.91. The highest BCUT2D eigenvalue weighted by molar-refractivity contribution is 8.27. The molecule has 23 heavy (non-hydrogen) atoms. The third-order valence-electron chi connectivity index (χ3n) is 3.70. The number of carbonyl (C=O) groups excluding carboxylic acids is 2. The average Bonchev–Trinajstić information content (AvgIpc) is 3.23. The fourth-order valence-electron chi connectivity index (χ4n) is 2.66. The van der Waals surface area contributed by atoms with Crippen molar-refractivity contribution < 1.29 is 9.59 Å². The molecule has 1 saturated heterocycles. The van der Waals surface area contributed by atoms with E-state index in [0.717, 1.165) is 23.0 Å². The van der Waals surface area contributed by atoms with E-state index < -0.39 is 0 Å². The van der Waals surface area contributed by atoms with Gasteiger partial charge in [-0.15, -0.1) is 11.3 Å². The number of thiophene rings is 1. The molecule has 6 heteroatoms. The summed E-state index contributed by atoms with van der Waals surface area (Å²) in [4.78, 5) is 24.3. The molecule has 1 aliphatic heterocycles. The van der Waals surface area contributed by atoms with Gasteiger partial charge in [-0.1, -0.05) is 18.2 Å². The minimum absolute atomic E-state index is 0.231. The van der Waals surface area contributed by atoms with Gasteiger partial charge in [0.15, 0.2) is 0 Å². The van der Waals surface area contributed by atoms with Gasteiger partial charge in [0.1, 0.15) is 0 Å². The van der Waals surface area contributed by atoms with E-state index in [-0.39, 0.29) is 10.4 Å². The molecule has 1 amide bonds. The monoisotopic (exact) mass is 340 g/mol. The van der Waals surface area contributed by atoms with Crippen molar-refractivity contribution >= 4 is 50.4 Å². The molecular formula is C17H12N2O2S2. The number of rotatable bonds is 3. The van der Waals surface area contributed by atoms with Crippen LogP contribution in [0.25, 0.3) is 17.0 Å². The third kappa shape index (κ3) is 2.71. The normalized spacial score (nSPS) is 16.4. The van der Waals surface area contributed by atoms with E-state index in [1.165, 1.54) is 4.88 Å². The molecule has 1 aliphatic rings. The Morgan fingerprint density at radius 1 is 1.13 bits per heavy atom. The third-order valence-corrected chi connectivity index (χ3v) is 5.25. The fraction of sp³-hybridized carbons (Fsp3) is 0.0588. The Hall–Kier alpha value is -2.31. The molecule has 3 heterocycles. The maximum absolute atomic E-state index is 11.7. The average molecular weight is 340 g/mol. The summed E-state index contributed by atoms with van der Waals surface area (Å²) in [6, 6.07) is 12.2. The lowest BCUT2D eigenvalue weighted by atomic mass is 10.1. The predicted octanol–water partition coefficient (Wildman–Crippen LogP) is 4.08. The van der Waals surface area contributed by atoms with Crippen molar-refractivity contribution in [1.82, 2.24) is 9.88 Å². The molecule has 0 bridgehead atoms. The molecule has 2 aromatic heterocycles. The van der Waals surface area contributed by atoms with Gasteiger partial charge >= 0.3 is 0 Å². The number of hydrogen-bond acceptors (Lipinski definition) is 4. The zero-order valence-electron chi connectivity index (χ0n) is 12.0. The molecule has 0 radical (unpaired) electrons. The van der Waals surface area contributed by atoms with E-state index in [1.807, 2.05) is 24.3 Å². The first-order valence-corrected chi connectivity index (χ1v) is 8.75. The summed E-state index contributed by atoms with van der Waals surface area (Å²) >= 11 is 2.43. The summed E-state index contributed by atoms with van der Waals surface area (Å²) in [5.41, 5.74) is 2.38. The standard InChI is InChI=1S/C17H12N2O2S2/c20-16-14(18-17(21)23-16)9-11-3-1-5-15-13(11)6-7-19(15)10-12-4-2-8-22-12/h1-9H,10H2,(H,18,21). The van der Waals surface area contributed by atoms with Crippen LogP contribution in [0.15, 0.2) is 53.7 Å². The molecule has 1 aromatic carbocycles. The molecule has 3 aromatic rings. The van der Waals surface area contributed by atoms with Crippen LogP contribution >= 0.6 is 23.1 Å². The van der Waals surface area contributed by atoms with E-state index in [2.05, 4.69) is 33.6 Å². The van der Waals surface area contributed by atoms with E-state index in [0.29, 0.717) is 17.5 Å². The van der Waals surface area contributed by atoms with Crippen LogP contribution < -0.4 is 5.32 Å². The van der Waals surface area contributed by atoms with Crippen molar-refractivity contribution in [2.45, 2.75) is 6.54 Å². The summed E-state index contributed by atoms with van der Waals surface area (Å²) < 4.78 is 2.19. The number of fused-ring (bicyclic) bond motifs is 1. The lowest BCUT2D eigenvalue weighted by molar-refractivity contribution is -0.107. The molecule has 114 valence electrons. The van der Waals surface area contributed by atoms with Crippen LogP contribution in [0.4, 0.5) is 4.79 Å². The van der Waals surface area contributed by atoms with Gasteiger partial charge in [-0.25, -0.2) is 0 Å². The van der Waals surface area contributed by atoms with Crippen molar-refractivity contribution in [3.63, 3.8) is 0 Å². The zero-order chi connectivity index (χ0) is 15.8. The van der Waals surface area contributed by atoms with E-state index in [9.17, 15) is 9.59 Å². The van der Waals surface area contributed by atoms with Crippen molar-refractivity contribution in [3.8, 4) is 0 Å². The van der Waals surface area contributed by atoms with E-state index in [4.69, 9.17) is 0 Å². The molecule has 4 nitrogen and oxygen atoms in total. The minimum atomic E-state index is -0.316. The first-order chi connectivity index (χ1) is 11.2. The van der Waals surface area contributed by atoms with Gasteiger partial charge in [0, 0.05) is 33.7 Å². The van der Waals surface area contributed by atoms with Gasteiger partial charge in [-0.3, -0.25) is 9.59 Å². The molecule has 4 rings (SSSR count). The van der Waals surface area contributed by atoms with Gasteiger partial charge in [0.25, 0.3) is 5.24 Å². The van der Waals surface area contributed by atoms with Gasteiger partial charge in [-0.2, -0.15) is 0 Å². The number of nitrogens with one attached hydrogen (secondary N) is 1. The maximum atomic E-state index is 11.7. The summed E-state index contributed by atoms with van der Waals surface area (Å²) in [5.74, 6) is 0. The second-order valence-electron chi connectivity index (χ2n) is 5.16. The molecule has 0 aliphatic carbocycles. The number of carbonyl (C=O) groups is 2. The lowest BCUT2D eigenvalue weighted by Crippen LogP contribution is -2.10. The van der Waals surface area contributed by atoms with Crippen LogP contribution in [-0.2, 0) is 11.3 Å². The number of nitrogens with zero attached hydrogens (tertiary/aromatic N) is 1. The topological polar surface area (TPSA) is 51.1 Å². The molecule has 0 spiro atoms. The summed E-state index contributed by atoms with van der Waals surface area (Å²) in [5, 5.41) is 5.18. The molecule has 0 atom stereocenters. The molecule has 0 saturated carbocycles. The number of hydrogen-bond donors (Lipinski definition) is 1. The highest BCUT2D eigenvalue weighted by Crippen LogP contribution is 2.26. The zero-order valence-corrected chi connectivity index (χ0v) is 13.6. The Morgan fingerprint density at radius 2 is 2.04 bits per heavy atom. The Morgan fingerprint density at radius 3 is 2.78 bits per heavy atom. The highest BCUT2D eigenvalue weighted by atomic mass is 32.2. The molecular weight excluding hydrogens is 328 g/mol. The van der Waals surface area contributed by atoms with Crippen LogP contribution in [0.5, 0.6) is 0 Å². The Bertz CT molecular complexity index is 939. The van der Waals surface area contributed by atoms with Gasteiger partial charge in [0.2, 0.25) is 5.12 Å². The van der Waals surface area contributed by atoms with Crippen LogP contribution in [0, 0.1) is 0 Å². The number of aromatic nitrogens is 1. The lowest BCUT2D eigenvalue weighted by Gasteiger charge is -2.05. The first kappa shape index (κ1) is 14.3. The molecule has 0 unspecified atom stereocenters. The Labute approximate surface area is 140 Å². The predicted molar refractivity (Wildman–Crippen MR) is 94.5 cm³/mol. The summed E-state index contributed by atoms with van der Waals surface area (Å²) in [6.07, 6.45) is 3.80. The SMILES string of the molecule is O=C1NC(=Cc2cccc3c2ccn3Cc2cccs2)C(=O)S1. The quantitative estimate of drug-likeness (QED) is 0.731.